The van der Waals surface area contributed by atoms with Crippen LogP contribution in [0.1, 0.15) is 0 Å². The monoisotopic (exact) mass is 177 g/mol. The normalized spacial score (nSPS) is 42.6. The van der Waals surface area contributed by atoms with Crippen molar-refractivity contribution >= 4 is 0 Å². The molecule has 0 bridgehead atoms. The summed E-state index contributed by atoms with van der Waals surface area (Å²) in [6, 6.07) is -1.08. The van der Waals surface area contributed by atoms with Gasteiger partial charge in [-0.05, 0) is 0 Å². The van der Waals surface area contributed by atoms with E-state index >= 15 is 0 Å². The molecule has 6 nitrogen and oxygen atoms in total. The molecule has 0 radical (unpaired) electrons. The smallest absolute Gasteiger partial charge is 0.149 e. The van der Waals surface area contributed by atoms with Crippen LogP contribution in [-0.4, -0.2) is 52.9 Å². The first kappa shape index (κ1) is 9.53. The van der Waals surface area contributed by atoms with E-state index in [-0.39, 0.29) is 13.2 Å². The molecular formula is C6H11NO5. The fourth-order valence-electron chi connectivity index (χ4n) is 1.16. The summed E-state index contributed by atoms with van der Waals surface area (Å²) in [6.07, 6.45) is -3.15. The highest BCUT2D eigenvalue weighted by molar-refractivity contribution is 4.91. The number of aliphatic hydroxyl groups is 3. The van der Waals surface area contributed by atoms with Crippen molar-refractivity contribution in [3.63, 3.8) is 0 Å². The van der Waals surface area contributed by atoms with Crippen molar-refractivity contribution in [2.75, 3.05) is 13.2 Å². The number of hydrogen-bond acceptors (Lipinski definition) is 6. The number of rotatable bonds is 2. The SMILES string of the molecule is O=N[C@H]1[C@H](O)[C@@H](O)CO[C@@H]1CO. The predicted molar refractivity (Wildman–Crippen MR) is 38.4 cm³/mol. The molecule has 70 valence electrons. The maximum absolute atomic E-state index is 10.2. The van der Waals surface area contributed by atoms with Gasteiger partial charge in [0.1, 0.15) is 24.4 Å². The molecule has 3 N–H and O–H groups in total. The molecule has 0 unspecified atom stereocenters. The topological polar surface area (TPSA) is 99.4 Å². The van der Waals surface area contributed by atoms with Crippen molar-refractivity contribution in [2.45, 2.75) is 24.4 Å². The van der Waals surface area contributed by atoms with Gasteiger partial charge in [0.15, 0.2) is 0 Å². The summed E-state index contributed by atoms with van der Waals surface area (Å²) >= 11 is 0. The number of nitrogens with zero attached hydrogens (tertiary/aromatic N) is 1. The Morgan fingerprint density at radius 2 is 2.17 bits per heavy atom. The molecule has 0 spiro atoms. The Morgan fingerprint density at radius 3 is 2.67 bits per heavy atom. The van der Waals surface area contributed by atoms with E-state index in [2.05, 4.69) is 5.18 Å². The van der Waals surface area contributed by atoms with Crippen molar-refractivity contribution in [1.29, 1.82) is 0 Å². The number of hydrogen-bond donors (Lipinski definition) is 3. The second-order valence-corrected chi connectivity index (χ2v) is 2.71. The lowest BCUT2D eigenvalue weighted by atomic mass is 9.99. The van der Waals surface area contributed by atoms with Crippen LogP contribution in [0.3, 0.4) is 0 Å². The third-order valence-electron chi connectivity index (χ3n) is 1.91. The van der Waals surface area contributed by atoms with E-state index in [1.165, 1.54) is 0 Å². The lowest BCUT2D eigenvalue weighted by Gasteiger charge is -2.33. The second-order valence-electron chi connectivity index (χ2n) is 2.71. The van der Waals surface area contributed by atoms with Gasteiger partial charge in [-0.1, -0.05) is 5.18 Å². The first-order valence-corrected chi connectivity index (χ1v) is 3.61. The predicted octanol–water partition coefficient (Wildman–Crippen LogP) is -1.77. The molecule has 1 saturated heterocycles. The van der Waals surface area contributed by atoms with E-state index in [0.29, 0.717) is 0 Å². The van der Waals surface area contributed by atoms with Gasteiger partial charge in [0.2, 0.25) is 0 Å². The van der Waals surface area contributed by atoms with Crippen molar-refractivity contribution in [1.82, 2.24) is 0 Å². The Labute approximate surface area is 68.7 Å². The lowest BCUT2D eigenvalue weighted by molar-refractivity contribution is -0.143. The van der Waals surface area contributed by atoms with Gasteiger partial charge in [0, 0.05) is 0 Å². The molecule has 1 heterocycles. The van der Waals surface area contributed by atoms with Crippen LogP contribution >= 0.6 is 0 Å². The fraction of sp³-hybridized carbons (Fsp3) is 1.00. The Morgan fingerprint density at radius 1 is 1.50 bits per heavy atom. The summed E-state index contributed by atoms with van der Waals surface area (Å²) in [4.78, 5) is 10.2. The van der Waals surface area contributed by atoms with Crippen LogP contribution in [0.4, 0.5) is 0 Å². The maximum Gasteiger partial charge on any atom is 0.149 e. The van der Waals surface area contributed by atoms with Crippen LogP contribution < -0.4 is 0 Å². The van der Waals surface area contributed by atoms with Crippen molar-refractivity contribution in [2.24, 2.45) is 5.18 Å². The maximum atomic E-state index is 10.2. The Balaban J connectivity index is 2.64. The Bertz CT molecular complexity index is 162. The molecule has 0 aliphatic carbocycles. The molecule has 1 aliphatic heterocycles. The van der Waals surface area contributed by atoms with Gasteiger partial charge in [0.05, 0.1) is 13.2 Å². The average Bonchev–Trinajstić information content (AvgIpc) is 2.09. The standard InChI is InChI=1S/C6H11NO5/c8-1-4-5(7-11)6(10)3(9)2-12-4/h3-6,8-10H,1-2H2/t3-,4+,5+,6+/m0/s1. The van der Waals surface area contributed by atoms with Crippen LogP contribution in [0.25, 0.3) is 0 Å². The summed E-state index contributed by atoms with van der Waals surface area (Å²) in [6.45, 7) is -0.474. The molecule has 6 heteroatoms. The van der Waals surface area contributed by atoms with E-state index in [4.69, 9.17) is 14.9 Å². The van der Waals surface area contributed by atoms with Gasteiger partial charge < -0.3 is 20.1 Å². The van der Waals surface area contributed by atoms with Crippen LogP contribution in [0.15, 0.2) is 5.18 Å². The molecule has 1 fully saturated rings. The second kappa shape index (κ2) is 3.90. The van der Waals surface area contributed by atoms with E-state index in [0.717, 1.165) is 0 Å². The lowest BCUT2D eigenvalue weighted by Crippen LogP contribution is -2.53. The largest absolute Gasteiger partial charge is 0.394 e. The van der Waals surface area contributed by atoms with E-state index in [1.807, 2.05) is 0 Å². The molecule has 0 aromatic carbocycles. The zero-order chi connectivity index (χ0) is 9.14. The molecule has 1 aliphatic rings. The van der Waals surface area contributed by atoms with Gasteiger partial charge in [0.25, 0.3) is 0 Å². The molecule has 12 heavy (non-hydrogen) atoms. The number of nitroso groups, excluding NO2 is 1. The van der Waals surface area contributed by atoms with Gasteiger partial charge in [-0.15, -0.1) is 0 Å². The number of aliphatic hydroxyl groups excluding tert-OH is 3. The van der Waals surface area contributed by atoms with Gasteiger partial charge >= 0.3 is 0 Å². The molecule has 1 rings (SSSR count). The zero-order valence-corrected chi connectivity index (χ0v) is 6.33. The van der Waals surface area contributed by atoms with Crippen LogP contribution in [0.2, 0.25) is 0 Å². The fourth-order valence-corrected chi connectivity index (χ4v) is 1.16. The summed E-state index contributed by atoms with van der Waals surface area (Å²) in [5, 5.41) is 29.5. The minimum absolute atomic E-state index is 0.0849. The molecular weight excluding hydrogens is 166 g/mol. The third kappa shape index (κ3) is 1.61. The highest BCUT2D eigenvalue weighted by atomic mass is 16.5. The highest BCUT2D eigenvalue weighted by Crippen LogP contribution is 2.17. The van der Waals surface area contributed by atoms with Crippen LogP contribution in [0.5, 0.6) is 0 Å². The van der Waals surface area contributed by atoms with Crippen molar-refractivity contribution < 1.29 is 20.1 Å². The molecule has 0 amide bonds. The van der Waals surface area contributed by atoms with E-state index < -0.39 is 24.4 Å². The Hall–Kier alpha value is -0.560. The first-order chi connectivity index (χ1) is 5.70. The quantitative estimate of drug-likeness (QED) is 0.434. The third-order valence-corrected chi connectivity index (χ3v) is 1.91. The van der Waals surface area contributed by atoms with Crippen LogP contribution in [0, 0.1) is 4.91 Å². The van der Waals surface area contributed by atoms with Crippen molar-refractivity contribution in [3.8, 4) is 0 Å². The molecule has 0 saturated carbocycles. The highest BCUT2D eigenvalue weighted by Gasteiger charge is 2.39. The zero-order valence-electron chi connectivity index (χ0n) is 6.33. The molecule has 0 aromatic rings. The van der Waals surface area contributed by atoms with Gasteiger partial charge in [-0.25, -0.2) is 0 Å². The van der Waals surface area contributed by atoms with Crippen molar-refractivity contribution in [3.05, 3.63) is 4.91 Å². The minimum atomic E-state index is -1.24. The molecule has 4 atom stereocenters. The average molecular weight is 177 g/mol. The van der Waals surface area contributed by atoms with E-state index in [1.54, 1.807) is 0 Å². The van der Waals surface area contributed by atoms with Gasteiger partial charge in [-0.2, -0.15) is 4.91 Å². The summed E-state index contributed by atoms with van der Waals surface area (Å²) < 4.78 is 4.86. The minimum Gasteiger partial charge on any atom is -0.394 e. The summed E-state index contributed by atoms with van der Waals surface area (Å²) in [5.74, 6) is 0. The van der Waals surface area contributed by atoms with E-state index in [9.17, 15) is 10.0 Å². The summed E-state index contributed by atoms with van der Waals surface area (Å²) in [7, 11) is 0. The Kier molecular flexibility index (Phi) is 3.10. The molecule has 0 aromatic heterocycles. The van der Waals surface area contributed by atoms with Crippen LogP contribution in [-0.2, 0) is 4.74 Å². The summed E-state index contributed by atoms with van der Waals surface area (Å²) in [5.41, 5.74) is 0. The van der Waals surface area contributed by atoms with Gasteiger partial charge in [-0.3, -0.25) is 0 Å². The number of ether oxygens (including phenoxy) is 1. The first-order valence-electron chi connectivity index (χ1n) is 3.61.